The van der Waals surface area contributed by atoms with Crippen LogP contribution < -0.4 is 10.3 Å². The maximum atomic E-state index is 14.0. The lowest BCUT2D eigenvalue weighted by molar-refractivity contribution is 0.0752. The van der Waals surface area contributed by atoms with E-state index in [0.29, 0.717) is 35.1 Å². The summed E-state index contributed by atoms with van der Waals surface area (Å²) in [5.41, 5.74) is 1.62. The summed E-state index contributed by atoms with van der Waals surface area (Å²) in [6.07, 6.45) is 1.68. The Morgan fingerprint density at radius 1 is 1.28 bits per heavy atom. The molecule has 6 nitrogen and oxygen atoms in total. The fourth-order valence-corrected chi connectivity index (χ4v) is 3.76. The first kappa shape index (κ1) is 19.1. The Hall–Kier alpha value is -3.22. The molecule has 29 heavy (non-hydrogen) atoms. The van der Waals surface area contributed by atoms with Crippen LogP contribution in [0.4, 0.5) is 4.39 Å². The normalized spacial score (nSPS) is 12.8. The van der Waals surface area contributed by atoms with E-state index in [1.165, 1.54) is 13.2 Å². The molecule has 4 rings (SSSR count). The Balaban J connectivity index is 1.63. The van der Waals surface area contributed by atoms with Crippen LogP contribution in [0.15, 0.2) is 41.2 Å². The summed E-state index contributed by atoms with van der Waals surface area (Å²) in [7, 11) is 1.41. The molecule has 0 atom stereocenters. The predicted molar refractivity (Wildman–Crippen MR) is 108 cm³/mol. The largest absolute Gasteiger partial charge is 0.494 e. The van der Waals surface area contributed by atoms with Crippen molar-refractivity contribution in [3.05, 3.63) is 69.5 Å². The Morgan fingerprint density at radius 3 is 2.83 bits per heavy atom. The number of carbonyl (C=O) groups is 1. The summed E-state index contributed by atoms with van der Waals surface area (Å²) >= 11 is 0. The fraction of sp³-hybridized carbons (Fsp3) is 0.318. The fourth-order valence-electron chi connectivity index (χ4n) is 3.76. The predicted octanol–water partition coefficient (Wildman–Crippen LogP) is 3.15. The third kappa shape index (κ3) is 3.48. The number of fused-ring (bicyclic) bond motifs is 2. The zero-order valence-electron chi connectivity index (χ0n) is 16.4. The number of hydrogen-bond donors (Lipinski definition) is 0. The van der Waals surface area contributed by atoms with Crippen molar-refractivity contribution in [3.8, 4) is 5.75 Å². The lowest BCUT2D eigenvalue weighted by Crippen LogP contribution is -2.30. The summed E-state index contributed by atoms with van der Waals surface area (Å²) in [5, 5.41) is 0.521. The van der Waals surface area contributed by atoms with Gasteiger partial charge in [0.25, 0.3) is 11.5 Å². The number of amides is 1. The van der Waals surface area contributed by atoms with Gasteiger partial charge >= 0.3 is 0 Å². The molecule has 7 heteroatoms. The molecule has 0 aliphatic carbocycles. The third-order valence-corrected chi connectivity index (χ3v) is 5.32. The van der Waals surface area contributed by atoms with Gasteiger partial charge in [-0.25, -0.2) is 9.37 Å². The average Bonchev–Trinajstić information content (AvgIpc) is 3.20. The van der Waals surface area contributed by atoms with Crippen LogP contribution in [0, 0.1) is 5.82 Å². The van der Waals surface area contributed by atoms with Gasteiger partial charge in [-0.05, 0) is 49.2 Å². The molecule has 150 valence electrons. The van der Waals surface area contributed by atoms with Crippen LogP contribution in [0.5, 0.6) is 5.75 Å². The molecule has 0 radical (unpaired) electrons. The maximum Gasteiger partial charge on any atom is 0.261 e. The molecule has 0 spiro atoms. The molecule has 2 heterocycles. The van der Waals surface area contributed by atoms with Gasteiger partial charge in [0.2, 0.25) is 0 Å². The molecule has 0 saturated carbocycles. The molecule has 0 bridgehead atoms. The molecule has 1 aliphatic heterocycles. The second-order valence-electron chi connectivity index (χ2n) is 7.11. The highest BCUT2D eigenvalue weighted by Crippen LogP contribution is 2.21. The van der Waals surface area contributed by atoms with Gasteiger partial charge in [-0.15, -0.1) is 0 Å². The second-order valence-corrected chi connectivity index (χ2v) is 7.11. The Bertz CT molecular complexity index is 1160. The molecular formula is C22H22FN3O3. The first-order chi connectivity index (χ1) is 14.0. The van der Waals surface area contributed by atoms with Crippen LogP contribution in [-0.4, -0.2) is 34.0 Å². The molecule has 0 N–H and O–H groups in total. The van der Waals surface area contributed by atoms with Gasteiger partial charge in [0.15, 0.2) is 11.6 Å². The number of methoxy groups -OCH3 is 1. The van der Waals surface area contributed by atoms with Crippen molar-refractivity contribution in [2.45, 2.75) is 32.9 Å². The minimum absolute atomic E-state index is 0.0532. The van der Waals surface area contributed by atoms with Crippen LogP contribution in [-0.2, 0) is 19.5 Å². The number of aryl methyl sites for hydroxylation is 1. The van der Waals surface area contributed by atoms with Gasteiger partial charge in [-0.3, -0.25) is 14.2 Å². The van der Waals surface area contributed by atoms with Crippen molar-refractivity contribution in [1.29, 1.82) is 0 Å². The van der Waals surface area contributed by atoms with Crippen molar-refractivity contribution in [1.82, 2.24) is 14.5 Å². The Labute approximate surface area is 167 Å². The van der Waals surface area contributed by atoms with Crippen molar-refractivity contribution < 1.29 is 13.9 Å². The van der Waals surface area contributed by atoms with Crippen molar-refractivity contribution in [2.75, 3.05) is 13.7 Å². The summed E-state index contributed by atoms with van der Waals surface area (Å²) in [6.45, 7) is 3.30. The first-order valence-corrected chi connectivity index (χ1v) is 9.67. The molecule has 2 aromatic carbocycles. The zero-order chi connectivity index (χ0) is 20.5. The summed E-state index contributed by atoms with van der Waals surface area (Å²) < 4.78 is 20.6. The van der Waals surface area contributed by atoms with E-state index in [2.05, 4.69) is 4.98 Å². The number of halogens is 1. The van der Waals surface area contributed by atoms with E-state index < -0.39 is 5.82 Å². The minimum Gasteiger partial charge on any atom is -0.494 e. The number of nitrogens with zero attached hydrogens (tertiary/aromatic N) is 3. The van der Waals surface area contributed by atoms with Crippen molar-refractivity contribution >= 4 is 16.8 Å². The van der Waals surface area contributed by atoms with E-state index in [1.807, 2.05) is 6.92 Å². The number of aromatic nitrogens is 2. The minimum atomic E-state index is -0.460. The van der Waals surface area contributed by atoms with Gasteiger partial charge in [0, 0.05) is 31.6 Å². The lowest BCUT2D eigenvalue weighted by atomic mass is 10.1. The highest BCUT2D eigenvalue weighted by Gasteiger charge is 2.19. The highest BCUT2D eigenvalue weighted by molar-refractivity contribution is 5.97. The average molecular weight is 395 g/mol. The monoisotopic (exact) mass is 395 g/mol. The number of rotatable bonds is 5. The molecule has 0 unspecified atom stereocenters. The third-order valence-electron chi connectivity index (χ3n) is 5.32. The zero-order valence-corrected chi connectivity index (χ0v) is 16.4. The smallest absolute Gasteiger partial charge is 0.261 e. The van der Waals surface area contributed by atoms with Crippen LogP contribution in [0.1, 0.15) is 35.1 Å². The van der Waals surface area contributed by atoms with E-state index >= 15 is 0 Å². The molecule has 1 aromatic heterocycles. The molecule has 1 amide bonds. The number of hydrogen-bond acceptors (Lipinski definition) is 4. The molecular weight excluding hydrogens is 373 g/mol. The SMILES string of the molecule is CCN(Cc1ccc(OC)c(F)c1)C(=O)c1ccc2c(=O)n3c(nc2c1)CCC3. The standard InChI is InChI=1S/C22H22FN3O3/c1-3-25(13-14-6-9-19(29-2)17(23)11-14)21(27)15-7-8-16-18(12-15)24-20-5-4-10-26(20)22(16)28/h6-9,11-12H,3-5,10,13H2,1-2H3. The van der Waals surface area contributed by atoms with Gasteiger partial charge < -0.3 is 9.64 Å². The van der Waals surface area contributed by atoms with Crippen LogP contribution in [0.2, 0.25) is 0 Å². The summed E-state index contributed by atoms with van der Waals surface area (Å²) in [4.78, 5) is 31.9. The topological polar surface area (TPSA) is 64.4 Å². The van der Waals surface area contributed by atoms with Crippen LogP contribution >= 0.6 is 0 Å². The van der Waals surface area contributed by atoms with E-state index in [9.17, 15) is 14.0 Å². The summed E-state index contributed by atoms with van der Waals surface area (Å²) in [6, 6.07) is 9.68. The Morgan fingerprint density at radius 2 is 2.10 bits per heavy atom. The van der Waals surface area contributed by atoms with Crippen molar-refractivity contribution in [2.24, 2.45) is 0 Å². The van der Waals surface area contributed by atoms with Gasteiger partial charge in [-0.1, -0.05) is 6.07 Å². The van der Waals surface area contributed by atoms with Crippen LogP contribution in [0.25, 0.3) is 10.9 Å². The van der Waals surface area contributed by atoms with Gasteiger partial charge in [0.1, 0.15) is 5.82 Å². The summed E-state index contributed by atoms with van der Waals surface area (Å²) in [5.74, 6) is 0.293. The lowest BCUT2D eigenvalue weighted by Gasteiger charge is -2.21. The van der Waals surface area contributed by atoms with Gasteiger partial charge in [-0.2, -0.15) is 0 Å². The van der Waals surface area contributed by atoms with E-state index in [4.69, 9.17) is 4.74 Å². The van der Waals surface area contributed by atoms with Crippen LogP contribution in [0.3, 0.4) is 0 Å². The second kappa shape index (κ2) is 7.66. The van der Waals surface area contributed by atoms with Gasteiger partial charge in [0.05, 0.1) is 18.0 Å². The maximum absolute atomic E-state index is 14.0. The van der Waals surface area contributed by atoms with E-state index in [0.717, 1.165) is 18.7 Å². The molecule has 0 fully saturated rings. The number of benzene rings is 2. The van der Waals surface area contributed by atoms with E-state index in [1.54, 1.807) is 39.8 Å². The Kier molecular flexibility index (Phi) is 5.05. The molecule has 3 aromatic rings. The molecule has 1 aliphatic rings. The quantitative estimate of drug-likeness (QED) is 0.666. The number of carbonyl (C=O) groups excluding carboxylic acids is 1. The highest BCUT2D eigenvalue weighted by atomic mass is 19.1. The molecule has 0 saturated heterocycles. The number of ether oxygens (including phenoxy) is 1. The van der Waals surface area contributed by atoms with E-state index in [-0.39, 0.29) is 23.8 Å². The van der Waals surface area contributed by atoms with Crippen molar-refractivity contribution in [3.63, 3.8) is 0 Å². The first-order valence-electron chi connectivity index (χ1n) is 9.67.